The van der Waals surface area contributed by atoms with E-state index >= 15 is 0 Å². The fourth-order valence-electron chi connectivity index (χ4n) is 2.82. The second-order valence-electron chi connectivity index (χ2n) is 5.26. The number of nitrogens with zero attached hydrogens (tertiary/aromatic N) is 3. The van der Waals surface area contributed by atoms with Crippen molar-refractivity contribution in [2.24, 2.45) is 0 Å². The van der Waals surface area contributed by atoms with Gasteiger partial charge in [-0.15, -0.1) is 0 Å². The first kappa shape index (κ1) is 15.9. The molecule has 3 aromatic heterocycles. The molecule has 0 aromatic carbocycles. The van der Waals surface area contributed by atoms with Crippen molar-refractivity contribution in [2.75, 3.05) is 7.11 Å². The van der Waals surface area contributed by atoms with E-state index in [1.165, 1.54) is 0 Å². The Hall–Kier alpha value is -1.95. The maximum Gasteiger partial charge on any atom is 0.0932 e. The smallest absolute Gasteiger partial charge is 0.0932 e. The van der Waals surface area contributed by atoms with E-state index in [0.717, 1.165) is 34.3 Å². The third kappa shape index (κ3) is 2.83. The van der Waals surface area contributed by atoms with Crippen LogP contribution in [0.25, 0.3) is 16.6 Å². The van der Waals surface area contributed by atoms with Gasteiger partial charge >= 0.3 is 0 Å². The number of aliphatic hydroxyl groups is 1. The number of aromatic nitrogens is 3. The van der Waals surface area contributed by atoms with Gasteiger partial charge in [0.1, 0.15) is 0 Å². The average molecular weight is 332 g/mol. The molecule has 0 saturated carbocycles. The number of hydrogen-bond donors (Lipinski definition) is 1. The summed E-state index contributed by atoms with van der Waals surface area (Å²) in [6, 6.07) is 5.90. The van der Waals surface area contributed by atoms with Crippen molar-refractivity contribution < 1.29 is 9.84 Å². The van der Waals surface area contributed by atoms with Crippen LogP contribution in [0.3, 0.4) is 0 Å². The SMILES string of the molecule is CCc1ccc2c(-c3cncc(Cl)c3)c(CO)c(COC)nn12. The molecule has 0 bridgehead atoms. The van der Waals surface area contributed by atoms with E-state index in [0.29, 0.717) is 17.3 Å². The first-order valence-corrected chi connectivity index (χ1v) is 7.80. The molecule has 3 aromatic rings. The lowest BCUT2D eigenvalue weighted by atomic mass is 10.0. The Morgan fingerprint density at radius 2 is 2.13 bits per heavy atom. The van der Waals surface area contributed by atoms with Crippen LogP contribution in [0.4, 0.5) is 0 Å². The predicted molar refractivity (Wildman–Crippen MR) is 89.4 cm³/mol. The Morgan fingerprint density at radius 1 is 1.30 bits per heavy atom. The minimum absolute atomic E-state index is 0.128. The van der Waals surface area contributed by atoms with Gasteiger partial charge in [0.25, 0.3) is 0 Å². The summed E-state index contributed by atoms with van der Waals surface area (Å²) in [6.07, 6.45) is 4.20. The van der Waals surface area contributed by atoms with Gasteiger partial charge < -0.3 is 9.84 Å². The van der Waals surface area contributed by atoms with Crippen LogP contribution in [0.5, 0.6) is 0 Å². The van der Waals surface area contributed by atoms with Crippen LogP contribution in [-0.2, 0) is 24.4 Å². The molecule has 0 aliphatic rings. The van der Waals surface area contributed by atoms with Crippen LogP contribution in [0.15, 0.2) is 30.6 Å². The Balaban J connectivity index is 2.38. The molecule has 0 unspecified atom stereocenters. The lowest BCUT2D eigenvalue weighted by Crippen LogP contribution is -2.09. The highest BCUT2D eigenvalue weighted by Gasteiger charge is 2.18. The first-order valence-electron chi connectivity index (χ1n) is 7.42. The molecule has 0 aliphatic heterocycles. The molecule has 0 aliphatic carbocycles. The average Bonchev–Trinajstić information content (AvgIpc) is 2.96. The van der Waals surface area contributed by atoms with Crippen molar-refractivity contribution in [3.63, 3.8) is 0 Å². The molecule has 0 saturated heterocycles. The summed E-state index contributed by atoms with van der Waals surface area (Å²) in [4.78, 5) is 4.17. The standard InChI is InChI=1S/C17H18ClN3O2/c1-3-13-4-5-16-17(11-6-12(18)8-19-7-11)14(9-22)15(10-23-2)20-21(13)16/h4-8,22H,3,9-10H2,1-2H3. The zero-order chi connectivity index (χ0) is 16.4. The molecule has 0 spiro atoms. The van der Waals surface area contributed by atoms with Crippen LogP contribution in [0.1, 0.15) is 23.9 Å². The number of aliphatic hydroxyl groups excluding tert-OH is 1. The van der Waals surface area contributed by atoms with Crippen LogP contribution >= 0.6 is 11.6 Å². The summed E-state index contributed by atoms with van der Waals surface area (Å²) in [5, 5.41) is 15.1. The number of aryl methyl sites for hydroxylation is 1. The fourth-order valence-corrected chi connectivity index (χ4v) is 2.99. The van der Waals surface area contributed by atoms with Gasteiger partial charge in [-0.1, -0.05) is 18.5 Å². The quantitative estimate of drug-likeness (QED) is 0.779. The Morgan fingerprint density at radius 3 is 2.78 bits per heavy atom. The summed E-state index contributed by atoms with van der Waals surface area (Å²) >= 11 is 6.10. The molecular weight excluding hydrogens is 314 g/mol. The van der Waals surface area contributed by atoms with Crippen molar-refractivity contribution in [3.05, 3.63) is 52.6 Å². The van der Waals surface area contributed by atoms with Gasteiger partial charge in [0, 0.05) is 41.9 Å². The summed E-state index contributed by atoms with van der Waals surface area (Å²) in [5.74, 6) is 0. The number of fused-ring (bicyclic) bond motifs is 1. The van der Waals surface area contributed by atoms with Crippen LogP contribution in [-0.4, -0.2) is 26.8 Å². The lowest BCUT2D eigenvalue weighted by Gasteiger charge is -2.15. The number of hydrogen-bond acceptors (Lipinski definition) is 4. The van der Waals surface area contributed by atoms with Gasteiger partial charge in [0.2, 0.25) is 0 Å². The van der Waals surface area contributed by atoms with Crippen molar-refractivity contribution >= 4 is 17.1 Å². The third-order valence-electron chi connectivity index (χ3n) is 3.86. The van der Waals surface area contributed by atoms with Crippen molar-refractivity contribution in [3.8, 4) is 11.1 Å². The predicted octanol–water partition coefficient (Wildman–Crippen LogP) is 3.25. The van der Waals surface area contributed by atoms with E-state index < -0.39 is 0 Å². The molecule has 23 heavy (non-hydrogen) atoms. The van der Waals surface area contributed by atoms with Gasteiger partial charge in [-0.25, -0.2) is 4.52 Å². The van der Waals surface area contributed by atoms with Crippen molar-refractivity contribution in [1.29, 1.82) is 0 Å². The van der Waals surface area contributed by atoms with Crippen molar-refractivity contribution in [1.82, 2.24) is 14.6 Å². The molecule has 0 amide bonds. The van der Waals surface area contributed by atoms with E-state index in [-0.39, 0.29) is 6.61 Å². The molecule has 1 N–H and O–H groups in total. The second-order valence-corrected chi connectivity index (χ2v) is 5.69. The molecule has 3 heterocycles. The molecular formula is C17H18ClN3O2. The van der Waals surface area contributed by atoms with E-state index in [1.54, 1.807) is 19.5 Å². The highest BCUT2D eigenvalue weighted by Crippen LogP contribution is 2.32. The number of methoxy groups -OCH3 is 1. The van der Waals surface area contributed by atoms with E-state index in [4.69, 9.17) is 16.3 Å². The largest absolute Gasteiger partial charge is 0.392 e. The summed E-state index contributed by atoms with van der Waals surface area (Å²) in [7, 11) is 1.62. The zero-order valence-electron chi connectivity index (χ0n) is 13.1. The highest BCUT2D eigenvalue weighted by molar-refractivity contribution is 6.30. The molecule has 0 fully saturated rings. The van der Waals surface area contributed by atoms with E-state index in [2.05, 4.69) is 17.0 Å². The third-order valence-corrected chi connectivity index (χ3v) is 4.06. The number of ether oxygens (including phenoxy) is 1. The Labute approximate surface area is 139 Å². The Bertz CT molecular complexity index is 845. The Kier molecular flexibility index (Phi) is 4.61. The maximum atomic E-state index is 9.92. The van der Waals surface area contributed by atoms with Crippen LogP contribution in [0, 0.1) is 0 Å². The molecule has 0 atom stereocenters. The van der Waals surface area contributed by atoms with Gasteiger partial charge in [-0.2, -0.15) is 5.10 Å². The van der Waals surface area contributed by atoms with Crippen LogP contribution < -0.4 is 0 Å². The monoisotopic (exact) mass is 331 g/mol. The minimum Gasteiger partial charge on any atom is -0.392 e. The van der Waals surface area contributed by atoms with Gasteiger partial charge in [0.05, 0.1) is 29.4 Å². The lowest BCUT2D eigenvalue weighted by molar-refractivity contribution is 0.176. The molecule has 6 heteroatoms. The molecule has 0 radical (unpaired) electrons. The summed E-state index contributed by atoms with van der Waals surface area (Å²) < 4.78 is 7.16. The number of halogens is 1. The van der Waals surface area contributed by atoms with E-state index in [1.807, 2.05) is 22.7 Å². The summed E-state index contributed by atoms with van der Waals surface area (Å²) in [6.45, 7) is 2.28. The molecule has 5 nitrogen and oxygen atoms in total. The van der Waals surface area contributed by atoms with Gasteiger partial charge in [-0.3, -0.25) is 4.98 Å². The maximum absolute atomic E-state index is 9.92. The molecule has 120 valence electrons. The molecule has 3 rings (SSSR count). The zero-order valence-corrected chi connectivity index (χ0v) is 13.8. The van der Waals surface area contributed by atoms with Gasteiger partial charge in [0.15, 0.2) is 0 Å². The fraction of sp³-hybridized carbons (Fsp3) is 0.294. The van der Waals surface area contributed by atoms with Crippen molar-refractivity contribution in [2.45, 2.75) is 26.6 Å². The topological polar surface area (TPSA) is 59.7 Å². The first-order chi connectivity index (χ1) is 11.2. The normalized spacial score (nSPS) is 11.3. The minimum atomic E-state index is -0.128. The number of rotatable bonds is 5. The second kappa shape index (κ2) is 6.66. The van der Waals surface area contributed by atoms with Gasteiger partial charge in [-0.05, 0) is 24.6 Å². The van der Waals surface area contributed by atoms with E-state index in [9.17, 15) is 5.11 Å². The summed E-state index contributed by atoms with van der Waals surface area (Å²) in [5.41, 5.74) is 5.22. The highest BCUT2D eigenvalue weighted by atomic mass is 35.5. The van der Waals surface area contributed by atoms with Crippen LogP contribution in [0.2, 0.25) is 5.02 Å². The number of pyridine rings is 1.